The molecule has 4 aromatic heterocycles. The molecule has 2 aromatic carbocycles. The summed E-state index contributed by atoms with van der Waals surface area (Å²) in [4.78, 5) is 32.1. The number of rotatable bonds is 14. The summed E-state index contributed by atoms with van der Waals surface area (Å²) in [5.74, 6) is 1.76. The number of carboxylic acids is 1. The minimum atomic E-state index is -3.93. The summed E-state index contributed by atoms with van der Waals surface area (Å²) in [7, 11) is -7.73. The zero-order chi connectivity index (χ0) is 45.3. The SMILES string of the molecule is CCC(C)(C)c1nc2cc(S(=O)(=O)n3ccc(C(=O)O)c3)ccc2n1CC1CCOCC1.CCC(C)(C)c1nc2cc(S(=O)(=O)n3ccc(C=O)c3)ccc2n1CC1CCOCC1. The van der Waals surface area contributed by atoms with Crippen molar-refractivity contribution in [3.8, 4) is 0 Å². The van der Waals surface area contributed by atoms with E-state index in [1.807, 2.05) is 12.1 Å². The number of carbonyl (C=O) groups excluding carboxylic acids is 1. The second-order valence-corrected chi connectivity index (χ2v) is 21.6. The van der Waals surface area contributed by atoms with Crippen molar-refractivity contribution in [2.45, 2.75) is 114 Å². The van der Waals surface area contributed by atoms with Crippen LogP contribution in [0.2, 0.25) is 0 Å². The number of carboxylic acid groups (broad SMARTS) is 1. The van der Waals surface area contributed by atoms with Crippen molar-refractivity contribution in [2.24, 2.45) is 11.8 Å². The van der Waals surface area contributed by atoms with Crippen LogP contribution in [-0.4, -0.2) is 87.7 Å². The van der Waals surface area contributed by atoms with Crippen LogP contribution in [0.1, 0.15) is 112 Å². The van der Waals surface area contributed by atoms with Gasteiger partial charge in [0, 0.05) is 80.7 Å². The average molecular weight is 903 g/mol. The Balaban J connectivity index is 0.000000189. The number of fused-ring (bicyclic) bond motifs is 2. The molecule has 0 unspecified atom stereocenters. The van der Waals surface area contributed by atoms with Gasteiger partial charge in [-0.15, -0.1) is 0 Å². The summed E-state index contributed by atoms with van der Waals surface area (Å²) in [6, 6.07) is 12.8. The van der Waals surface area contributed by atoms with Crippen LogP contribution >= 0.6 is 0 Å². The van der Waals surface area contributed by atoms with E-state index >= 15 is 0 Å². The van der Waals surface area contributed by atoms with E-state index in [2.05, 4.69) is 50.7 Å². The monoisotopic (exact) mass is 902 g/mol. The first-order valence-corrected chi connectivity index (χ1v) is 24.5. The zero-order valence-electron chi connectivity index (χ0n) is 36.9. The molecule has 0 saturated carbocycles. The van der Waals surface area contributed by atoms with E-state index in [1.54, 1.807) is 24.3 Å². The van der Waals surface area contributed by atoms with Crippen LogP contribution in [-0.2, 0) is 53.4 Å². The Bertz CT molecular complexity index is 2840. The Morgan fingerprint density at radius 1 is 0.698 bits per heavy atom. The molecule has 17 heteroatoms. The van der Waals surface area contributed by atoms with E-state index in [0.717, 1.165) is 115 Å². The zero-order valence-corrected chi connectivity index (χ0v) is 38.5. The summed E-state index contributed by atoms with van der Waals surface area (Å²) < 4.78 is 69.9. The number of nitrogens with zero attached hydrogens (tertiary/aromatic N) is 6. The van der Waals surface area contributed by atoms with Crippen molar-refractivity contribution in [1.82, 2.24) is 27.0 Å². The van der Waals surface area contributed by atoms with Crippen LogP contribution in [0.5, 0.6) is 0 Å². The molecule has 6 heterocycles. The van der Waals surface area contributed by atoms with Gasteiger partial charge in [-0.3, -0.25) is 4.79 Å². The number of aromatic carboxylic acids is 1. The first-order valence-electron chi connectivity index (χ1n) is 21.6. The highest BCUT2D eigenvalue weighted by Crippen LogP contribution is 2.35. The summed E-state index contributed by atoms with van der Waals surface area (Å²) in [6.45, 7) is 17.7. The highest BCUT2D eigenvalue weighted by molar-refractivity contribution is 7.90. The van der Waals surface area contributed by atoms with Gasteiger partial charge in [0.1, 0.15) is 11.6 Å². The molecule has 2 saturated heterocycles. The van der Waals surface area contributed by atoms with Crippen LogP contribution in [0.4, 0.5) is 0 Å². The Kier molecular flexibility index (Phi) is 13.2. The predicted octanol–water partition coefficient (Wildman–Crippen LogP) is 7.89. The highest BCUT2D eigenvalue weighted by atomic mass is 32.2. The minimum absolute atomic E-state index is 0.0779. The Morgan fingerprint density at radius 2 is 1.13 bits per heavy atom. The van der Waals surface area contributed by atoms with Gasteiger partial charge in [0.2, 0.25) is 0 Å². The lowest BCUT2D eigenvalue weighted by molar-refractivity contribution is 0.0609. The summed E-state index contributed by atoms with van der Waals surface area (Å²) >= 11 is 0. The highest BCUT2D eigenvalue weighted by Gasteiger charge is 2.31. The fourth-order valence-electron chi connectivity index (χ4n) is 8.14. The van der Waals surface area contributed by atoms with Crippen LogP contribution in [0.25, 0.3) is 22.1 Å². The van der Waals surface area contributed by atoms with Crippen LogP contribution in [0, 0.1) is 11.8 Å². The van der Waals surface area contributed by atoms with Crippen molar-refractivity contribution in [3.63, 3.8) is 0 Å². The molecule has 2 aliphatic heterocycles. The molecule has 6 aromatic rings. The fourth-order valence-corrected chi connectivity index (χ4v) is 10.6. The quantitative estimate of drug-likeness (QED) is 0.105. The second kappa shape index (κ2) is 18.2. The maximum absolute atomic E-state index is 13.1. The molecule has 15 nitrogen and oxygen atoms in total. The Hall–Kier alpha value is -5.10. The number of imidazole rings is 2. The second-order valence-electron chi connectivity index (χ2n) is 17.9. The molecular weight excluding hydrogens is 845 g/mol. The van der Waals surface area contributed by atoms with Gasteiger partial charge < -0.3 is 23.7 Å². The molecule has 2 fully saturated rings. The van der Waals surface area contributed by atoms with E-state index in [1.165, 1.54) is 30.7 Å². The number of aromatic nitrogens is 6. The third-order valence-corrected chi connectivity index (χ3v) is 16.1. The van der Waals surface area contributed by atoms with E-state index in [-0.39, 0.29) is 26.2 Å². The topological polar surface area (TPSA) is 187 Å². The number of hydrogen-bond donors (Lipinski definition) is 1. The molecule has 2 aliphatic rings. The molecule has 63 heavy (non-hydrogen) atoms. The average Bonchev–Trinajstić information content (AvgIpc) is 4.11. The number of benzene rings is 2. The van der Waals surface area contributed by atoms with E-state index in [9.17, 15) is 26.4 Å². The first-order chi connectivity index (χ1) is 29.9. The number of aldehydes is 1. The van der Waals surface area contributed by atoms with Crippen molar-refractivity contribution >= 4 is 54.4 Å². The molecule has 0 radical (unpaired) electrons. The summed E-state index contributed by atoms with van der Waals surface area (Å²) in [5, 5.41) is 9.11. The normalized spacial score (nSPS) is 16.0. The van der Waals surface area contributed by atoms with Gasteiger partial charge in [-0.2, -0.15) is 0 Å². The number of ether oxygens (including phenoxy) is 2. The van der Waals surface area contributed by atoms with Gasteiger partial charge in [-0.1, -0.05) is 41.5 Å². The van der Waals surface area contributed by atoms with E-state index in [0.29, 0.717) is 34.7 Å². The first kappa shape index (κ1) is 45.9. The van der Waals surface area contributed by atoms with Gasteiger partial charge in [-0.05, 0) is 98.9 Å². The molecule has 338 valence electrons. The van der Waals surface area contributed by atoms with Crippen molar-refractivity contribution in [1.29, 1.82) is 0 Å². The van der Waals surface area contributed by atoms with Crippen LogP contribution < -0.4 is 0 Å². The lowest BCUT2D eigenvalue weighted by Gasteiger charge is -2.28. The van der Waals surface area contributed by atoms with Crippen molar-refractivity contribution in [3.05, 3.63) is 96.1 Å². The summed E-state index contributed by atoms with van der Waals surface area (Å²) in [6.07, 6.45) is 11.6. The molecular formula is C46H58N6O9S2. The van der Waals surface area contributed by atoms with Gasteiger partial charge in [0.25, 0.3) is 20.0 Å². The Labute approximate surface area is 369 Å². The van der Waals surface area contributed by atoms with E-state index < -0.39 is 26.0 Å². The maximum atomic E-state index is 13.1. The molecule has 1 N–H and O–H groups in total. The van der Waals surface area contributed by atoms with Crippen LogP contribution in [0.15, 0.2) is 83.1 Å². The maximum Gasteiger partial charge on any atom is 0.337 e. The van der Waals surface area contributed by atoms with Gasteiger partial charge >= 0.3 is 5.97 Å². The third-order valence-electron chi connectivity index (χ3n) is 12.9. The molecule has 0 atom stereocenters. The lowest BCUT2D eigenvalue weighted by Crippen LogP contribution is -2.26. The van der Waals surface area contributed by atoms with Gasteiger partial charge in [0.05, 0.1) is 37.4 Å². The fraction of sp³-hybridized carbons (Fsp3) is 0.478. The number of carbonyl (C=O) groups is 2. The molecule has 0 amide bonds. The van der Waals surface area contributed by atoms with Gasteiger partial charge in [0.15, 0.2) is 6.29 Å². The van der Waals surface area contributed by atoms with Crippen molar-refractivity contribution in [2.75, 3.05) is 26.4 Å². The van der Waals surface area contributed by atoms with Gasteiger partial charge in [-0.25, -0.2) is 39.5 Å². The molecule has 8 rings (SSSR count). The molecule has 0 bridgehead atoms. The smallest absolute Gasteiger partial charge is 0.337 e. The summed E-state index contributed by atoms with van der Waals surface area (Å²) in [5.41, 5.74) is 3.09. The Morgan fingerprint density at radius 3 is 1.51 bits per heavy atom. The predicted molar refractivity (Wildman–Crippen MR) is 240 cm³/mol. The van der Waals surface area contributed by atoms with Crippen molar-refractivity contribution < 1.29 is 41.0 Å². The third kappa shape index (κ3) is 9.42. The molecule has 0 spiro atoms. The van der Waals surface area contributed by atoms with E-state index in [4.69, 9.17) is 24.5 Å². The lowest BCUT2D eigenvalue weighted by atomic mass is 9.89. The minimum Gasteiger partial charge on any atom is -0.478 e. The molecule has 0 aliphatic carbocycles. The largest absolute Gasteiger partial charge is 0.478 e. The van der Waals surface area contributed by atoms with Crippen LogP contribution in [0.3, 0.4) is 0 Å². The number of hydrogen-bond acceptors (Lipinski definition) is 10. The standard InChI is InChI=1S/C23H29N3O5S.C23H29N3O4S/c1-4-23(2,3)22-24-19-13-18(32(29,30)25-10-7-17(15-25)21(27)28)5-6-20(19)26(22)14-16-8-11-31-12-9-16;1-4-23(2,3)22-24-20-13-19(31(28,29)25-10-7-18(14-25)16-27)5-6-21(20)26(22)15-17-8-11-30-12-9-17/h5-7,10,13,15-16H,4,8-9,11-12,14H2,1-3H3,(H,27,28);5-7,10,13-14,16-17H,4,8-9,11-12,15H2,1-3H3.